The second kappa shape index (κ2) is 5.16. The van der Waals surface area contributed by atoms with Gasteiger partial charge in [-0.15, -0.1) is 0 Å². The number of benzene rings is 2. The van der Waals surface area contributed by atoms with Crippen LogP contribution in [0.3, 0.4) is 0 Å². The summed E-state index contributed by atoms with van der Waals surface area (Å²) >= 11 is 0. The number of aliphatic hydroxyl groups is 1. The first kappa shape index (κ1) is 12.4. The number of rotatable bonds is 3. The molecule has 2 heteroatoms. The molecule has 1 aliphatic heterocycles. The summed E-state index contributed by atoms with van der Waals surface area (Å²) < 4.78 is 6.16. The highest BCUT2D eigenvalue weighted by atomic mass is 16.5. The Hall–Kier alpha value is -1.64. The van der Waals surface area contributed by atoms with Crippen LogP contribution in [0, 0.1) is 5.92 Å². The van der Waals surface area contributed by atoms with E-state index in [4.69, 9.17) is 4.74 Å². The van der Waals surface area contributed by atoms with E-state index in [1.807, 2.05) is 36.4 Å². The van der Waals surface area contributed by atoms with E-state index in [1.165, 1.54) is 0 Å². The first-order valence-corrected chi connectivity index (χ1v) is 6.74. The van der Waals surface area contributed by atoms with Gasteiger partial charge in [0.1, 0.15) is 5.60 Å². The third-order valence-corrected chi connectivity index (χ3v) is 4.00. The van der Waals surface area contributed by atoms with Crippen LogP contribution in [0.1, 0.15) is 17.5 Å². The highest BCUT2D eigenvalue weighted by Gasteiger charge is 2.46. The van der Waals surface area contributed by atoms with Gasteiger partial charge in [-0.3, -0.25) is 0 Å². The van der Waals surface area contributed by atoms with E-state index in [0.717, 1.165) is 17.5 Å². The molecule has 1 fully saturated rings. The fourth-order valence-electron chi connectivity index (χ4n) is 3.08. The van der Waals surface area contributed by atoms with Crippen LogP contribution in [0.5, 0.6) is 0 Å². The predicted molar refractivity (Wildman–Crippen MR) is 74.8 cm³/mol. The Morgan fingerprint density at radius 1 is 0.947 bits per heavy atom. The number of aliphatic hydroxyl groups excluding tert-OH is 1. The van der Waals surface area contributed by atoms with Crippen LogP contribution in [0.2, 0.25) is 0 Å². The van der Waals surface area contributed by atoms with E-state index in [2.05, 4.69) is 24.3 Å². The lowest BCUT2D eigenvalue weighted by Gasteiger charge is -2.35. The molecule has 1 heterocycles. The Morgan fingerprint density at radius 3 is 1.95 bits per heavy atom. The van der Waals surface area contributed by atoms with Gasteiger partial charge in [-0.1, -0.05) is 60.7 Å². The van der Waals surface area contributed by atoms with Crippen molar-refractivity contribution >= 4 is 0 Å². The first-order chi connectivity index (χ1) is 9.38. The molecule has 0 radical (unpaired) electrons. The van der Waals surface area contributed by atoms with Crippen LogP contribution < -0.4 is 0 Å². The summed E-state index contributed by atoms with van der Waals surface area (Å²) in [5, 5.41) is 9.74. The third-order valence-electron chi connectivity index (χ3n) is 4.00. The van der Waals surface area contributed by atoms with Crippen LogP contribution in [-0.4, -0.2) is 18.3 Å². The normalized spacial score (nSPS) is 21.4. The van der Waals surface area contributed by atoms with E-state index in [1.54, 1.807) is 0 Å². The monoisotopic (exact) mass is 254 g/mol. The van der Waals surface area contributed by atoms with Gasteiger partial charge in [-0.2, -0.15) is 0 Å². The van der Waals surface area contributed by atoms with Gasteiger partial charge in [0, 0.05) is 19.1 Å². The van der Waals surface area contributed by atoms with Gasteiger partial charge in [-0.25, -0.2) is 0 Å². The van der Waals surface area contributed by atoms with Crippen molar-refractivity contribution in [3.05, 3.63) is 71.8 Å². The third kappa shape index (κ3) is 1.97. The number of hydrogen-bond acceptors (Lipinski definition) is 2. The number of hydrogen-bond donors (Lipinski definition) is 1. The average Bonchev–Trinajstić information content (AvgIpc) is 2.94. The summed E-state index contributed by atoms with van der Waals surface area (Å²) in [6.07, 6.45) is 0.889. The molecule has 0 aliphatic carbocycles. The van der Waals surface area contributed by atoms with Gasteiger partial charge in [0.15, 0.2) is 0 Å². The summed E-state index contributed by atoms with van der Waals surface area (Å²) in [6.45, 7) is 0.832. The van der Waals surface area contributed by atoms with E-state index in [0.29, 0.717) is 6.61 Å². The fourth-order valence-corrected chi connectivity index (χ4v) is 3.08. The zero-order chi connectivity index (χ0) is 13.1. The maximum Gasteiger partial charge on any atom is 0.123 e. The maximum absolute atomic E-state index is 9.74. The molecule has 1 N–H and O–H groups in total. The quantitative estimate of drug-likeness (QED) is 0.912. The molecular formula is C17H18O2. The van der Waals surface area contributed by atoms with E-state index in [-0.39, 0.29) is 12.5 Å². The van der Waals surface area contributed by atoms with Crippen LogP contribution >= 0.6 is 0 Å². The van der Waals surface area contributed by atoms with Crippen LogP contribution in [0.4, 0.5) is 0 Å². The summed E-state index contributed by atoms with van der Waals surface area (Å²) in [6, 6.07) is 20.4. The summed E-state index contributed by atoms with van der Waals surface area (Å²) in [5.41, 5.74) is 1.74. The van der Waals surface area contributed by atoms with Gasteiger partial charge in [0.2, 0.25) is 0 Å². The largest absolute Gasteiger partial charge is 0.396 e. The molecule has 0 bridgehead atoms. The molecule has 0 aromatic heterocycles. The SMILES string of the molecule is OCC1CCOC1(c1ccccc1)c1ccccc1. The highest BCUT2D eigenvalue weighted by Crippen LogP contribution is 2.46. The highest BCUT2D eigenvalue weighted by molar-refractivity contribution is 5.38. The zero-order valence-corrected chi connectivity index (χ0v) is 10.8. The van der Waals surface area contributed by atoms with Crippen molar-refractivity contribution in [3.63, 3.8) is 0 Å². The molecule has 2 aromatic rings. The van der Waals surface area contributed by atoms with Crippen molar-refractivity contribution in [2.24, 2.45) is 5.92 Å². The van der Waals surface area contributed by atoms with Crippen LogP contribution in [0.25, 0.3) is 0 Å². The van der Waals surface area contributed by atoms with E-state index < -0.39 is 5.60 Å². The number of ether oxygens (including phenoxy) is 1. The Bertz CT molecular complexity index is 482. The Morgan fingerprint density at radius 2 is 1.47 bits per heavy atom. The Kier molecular flexibility index (Phi) is 3.36. The minimum absolute atomic E-state index is 0.109. The lowest BCUT2D eigenvalue weighted by molar-refractivity contribution is -0.00430. The second-order valence-corrected chi connectivity index (χ2v) is 4.98. The minimum Gasteiger partial charge on any atom is -0.396 e. The molecule has 19 heavy (non-hydrogen) atoms. The van der Waals surface area contributed by atoms with Gasteiger partial charge >= 0.3 is 0 Å². The average molecular weight is 254 g/mol. The van der Waals surface area contributed by atoms with Crippen molar-refractivity contribution in [2.45, 2.75) is 12.0 Å². The molecule has 1 atom stereocenters. The molecule has 98 valence electrons. The van der Waals surface area contributed by atoms with E-state index in [9.17, 15) is 5.11 Å². The van der Waals surface area contributed by atoms with Crippen molar-refractivity contribution in [2.75, 3.05) is 13.2 Å². The van der Waals surface area contributed by atoms with Crippen LogP contribution in [0.15, 0.2) is 60.7 Å². The summed E-state index contributed by atoms with van der Waals surface area (Å²) in [4.78, 5) is 0. The molecular weight excluding hydrogens is 236 g/mol. The van der Waals surface area contributed by atoms with Gasteiger partial charge in [0.25, 0.3) is 0 Å². The van der Waals surface area contributed by atoms with E-state index >= 15 is 0 Å². The predicted octanol–water partition coefficient (Wildman–Crippen LogP) is 2.96. The minimum atomic E-state index is -0.503. The van der Waals surface area contributed by atoms with Gasteiger partial charge in [-0.05, 0) is 17.5 Å². The van der Waals surface area contributed by atoms with Crippen molar-refractivity contribution in [1.82, 2.24) is 0 Å². The fraction of sp³-hybridized carbons (Fsp3) is 0.294. The van der Waals surface area contributed by atoms with Crippen molar-refractivity contribution in [1.29, 1.82) is 0 Å². The lowest BCUT2D eigenvalue weighted by Crippen LogP contribution is -2.35. The molecule has 0 amide bonds. The maximum atomic E-state index is 9.74. The summed E-state index contributed by atoms with van der Waals surface area (Å²) in [5.74, 6) is 0.109. The zero-order valence-electron chi connectivity index (χ0n) is 10.8. The Balaban J connectivity index is 2.17. The molecule has 1 unspecified atom stereocenters. The topological polar surface area (TPSA) is 29.5 Å². The molecule has 2 nitrogen and oxygen atoms in total. The summed E-state index contributed by atoms with van der Waals surface area (Å²) in [7, 11) is 0. The molecule has 1 aliphatic rings. The molecule has 3 rings (SSSR count). The van der Waals surface area contributed by atoms with Gasteiger partial charge in [0.05, 0.1) is 0 Å². The molecule has 0 saturated carbocycles. The first-order valence-electron chi connectivity index (χ1n) is 6.74. The lowest BCUT2D eigenvalue weighted by atomic mass is 9.76. The molecule has 0 spiro atoms. The Labute approximate surface area is 113 Å². The standard InChI is InChI=1S/C17H18O2/c18-13-16-11-12-19-17(16,14-7-3-1-4-8-14)15-9-5-2-6-10-15/h1-10,16,18H,11-13H2. The smallest absolute Gasteiger partial charge is 0.123 e. The van der Waals surface area contributed by atoms with Gasteiger partial charge < -0.3 is 9.84 Å². The van der Waals surface area contributed by atoms with Crippen molar-refractivity contribution in [3.8, 4) is 0 Å². The van der Waals surface area contributed by atoms with Crippen LogP contribution in [-0.2, 0) is 10.3 Å². The second-order valence-electron chi connectivity index (χ2n) is 4.98. The molecule has 2 aromatic carbocycles. The van der Waals surface area contributed by atoms with Crippen molar-refractivity contribution < 1.29 is 9.84 Å². The molecule has 1 saturated heterocycles.